The van der Waals surface area contributed by atoms with Crippen molar-refractivity contribution in [2.75, 3.05) is 0 Å². The number of carboxylic acid groups (broad SMARTS) is 1. The molecular weight excluding hydrogens is 208 g/mol. The molecular formula is C11H18N2O3. The van der Waals surface area contributed by atoms with E-state index in [0.29, 0.717) is 13.0 Å². The zero-order chi connectivity index (χ0) is 12.3. The number of rotatable bonds is 5. The van der Waals surface area contributed by atoms with E-state index >= 15 is 0 Å². The van der Waals surface area contributed by atoms with Crippen molar-refractivity contribution in [3.63, 3.8) is 0 Å². The zero-order valence-electron chi connectivity index (χ0n) is 10.1. The van der Waals surface area contributed by atoms with Gasteiger partial charge in [-0.25, -0.2) is 0 Å². The Morgan fingerprint density at radius 3 is 2.56 bits per heavy atom. The molecule has 1 atom stereocenters. The summed E-state index contributed by atoms with van der Waals surface area (Å²) in [6.45, 7) is 7.64. The molecule has 0 radical (unpaired) electrons. The molecule has 0 bridgehead atoms. The van der Waals surface area contributed by atoms with E-state index in [-0.39, 0.29) is 0 Å². The summed E-state index contributed by atoms with van der Waals surface area (Å²) in [4.78, 5) is 11.1. The number of hydrogen-bond acceptors (Lipinski definition) is 4. The van der Waals surface area contributed by atoms with Gasteiger partial charge in [0.15, 0.2) is 0 Å². The van der Waals surface area contributed by atoms with Crippen molar-refractivity contribution in [2.45, 2.75) is 46.2 Å². The second-order valence-corrected chi connectivity index (χ2v) is 4.15. The van der Waals surface area contributed by atoms with Crippen LogP contribution < -0.4 is 5.32 Å². The number of carbonyl (C=O) groups is 1. The fourth-order valence-electron chi connectivity index (χ4n) is 1.39. The van der Waals surface area contributed by atoms with Gasteiger partial charge in [-0.15, -0.1) is 0 Å². The summed E-state index contributed by atoms with van der Waals surface area (Å²) in [6, 6.07) is 0. The van der Waals surface area contributed by atoms with Crippen LogP contribution >= 0.6 is 0 Å². The van der Waals surface area contributed by atoms with Crippen LogP contribution in [0.25, 0.3) is 0 Å². The number of aryl methyl sites for hydroxylation is 2. The van der Waals surface area contributed by atoms with Crippen molar-refractivity contribution in [2.24, 2.45) is 0 Å². The number of aromatic nitrogens is 1. The van der Waals surface area contributed by atoms with Crippen molar-refractivity contribution in [1.82, 2.24) is 10.5 Å². The quantitative estimate of drug-likeness (QED) is 0.798. The van der Waals surface area contributed by atoms with Crippen LogP contribution in [-0.4, -0.2) is 21.8 Å². The Morgan fingerprint density at radius 1 is 1.56 bits per heavy atom. The maximum atomic E-state index is 11.1. The summed E-state index contributed by atoms with van der Waals surface area (Å²) in [5, 5.41) is 16.0. The second-order valence-electron chi connectivity index (χ2n) is 4.15. The lowest BCUT2D eigenvalue weighted by molar-refractivity contribution is -0.144. The average molecular weight is 226 g/mol. The van der Waals surface area contributed by atoms with Crippen LogP contribution in [0.4, 0.5) is 0 Å². The summed E-state index contributed by atoms with van der Waals surface area (Å²) in [6.07, 6.45) is 0.520. The highest BCUT2D eigenvalue weighted by Crippen LogP contribution is 2.15. The van der Waals surface area contributed by atoms with E-state index in [1.807, 2.05) is 20.8 Å². The fourth-order valence-corrected chi connectivity index (χ4v) is 1.39. The molecule has 0 aromatic carbocycles. The van der Waals surface area contributed by atoms with Crippen LogP contribution in [0, 0.1) is 13.8 Å². The highest BCUT2D eigenvalue weighted by atomic mass is 16.5. The first kappa shape index (κ1) is 12.7. The maximum absolute atomic E-state index is 11.1. The average Bonchev–Trinajstić information content (AvgIpc) is 2.55. The summed E-state index contributed by atoms with van der Waals surface area (Å²) < 4.78 is 5.02. The number of aliphatic carboxylic acids is 1. The molecule has 0 amide bonds. The van der Waals surface area contributed by atoms with Gasteiger partial charge in [0, 0.05) is 12.1 Å². The van der Waals surface area contributed by atoms with Gasteiger partial charge < -0.3 is 9.63 Å². The smallest absolute Gasteiger partial charge is 0.323 e. The fraction of sp³-hybridized carbons (Fsp3) is 0.636. The molecule has 1 unspecified atom stereocenters. The van der Waals surface area contributed by atoms with E-state index < -0.39 is 11.5 Å². The molecule has 0 spiro atoms. The molecule has 16 heavy (non-hydrogen) atoms. The normalized spacial score (nSPS) is 14.8. The molecule has 5 heteroatoms. The minimum Gasteiger partial charge on any atom is -0.480 e. The molecule has 1 rings (SSSR count). The van der Waals surface area contributed by atoms with E-state index in [0.717, 1.165) is 17.0 Å². The third-order valence-corrected chi connectivity index (χ3v) is 3.02. The molecule has 1 heterocycles. The summed E-state index contributed by atoms with van der Waals surface area (Å²) >= 11 is 0. The third-order valence-electron chi connectivity index (χ3n) is 3.02. The molecule has 5 nitrogen and oxygen atoms in total. The SMILES string of the molecule is CCC(C)(NCc1c(C)noc1C)C(=O)O. The Hall–Kier alpha value is -1.36. The second kappa shape index (κ2) is 4.65. The molecule has 1 aromatic heterocycles. The van der Waals surface area contributed by atoms with Gasteiger partial charge in [-0.1, -0.05) is 12.1 Å². The van der Waals surface area contributed by atoms with Gasteiger partial charge in [-0.2, -0.15) is 0 Å². The van der Waals surface area contributed by atoms with Crippen LogP contribution in [-0.2, 0) is 11.3 Å². The number of carboxylic acids is 1. The van der Waals surface area contributed by atoms with Crippen LogP contribution in [0.3, 0.4) is 0 Å². The van der Waals surface area contributed by atoms with E-state index in [4.69, 9.17) is 9.63 Å². The molecule has 0 aliphatic heterocycles. The number of hydrogen-bond donors (Lipinski definition) is 2. The molecule has 0 fully saturated rings. The van der Waals surface area contributed by atoms with Crippen molar-refractivity contribution >= 4 is 5.97 Å². The molecule has 0 aliphatic carbocycles. The lowest BCUT2D eigenvalue weighted by atomic mass is 9.98. The lowest BCUT2D eigenvalue weighted by Crippen LogP contribution is -2.48. The molecule has 2 N–H and O–H groups in total. The van der Waals surface area contributed by atoms with Gasteiger partial charge >= 0.3 is 5.97 Å². The Bertz CT molecular complexity index is 367. The Balaban J connectivity index is 2.74. The Morgan fingerprint density at radius 2 is 2.19 bits per heavy atom. The van der Waals surface area contributed by atoms with Gasteiger partial charge in [-0.05, 0) is 27.2 Å². The Labute approximate surface area is 94.8 Å². The van der Waals surface area contributed by atoms with Crippen LogP contribution in [0.15, 0.2) is 4.52 Å². The van der Waals surface area contributed by atoms with Crippen molar-refractivity contribution in [3.8, 4) is 0 Å². The minimum atomic E-state index is -0.907. The van der Waals surface area contributed by atoms with Gasteiger partial charge in [0.25, 0.3) is 0 Å². The van der Waals surface area contributed by atoms with E-state index in [9.17, 15) is 4.79 Å². The first-order valence-electron chi connectivity index (χ1n) is 5.31. The van der Waals surface area contributed by atoms with Crippen molar-refractivity contribution in [1.29, 1.82) is 0 Å². The van der Waals surface area contributed by atoms with E-state index in [2.05, 4.69) is 10.5 Å². The topological polar surface area (TPSA) is 75.4 Å². The van der Waals surface area contributed by atoms with E-state index in [1.165, 1.54) is 0 Å². The first-order chi connectivity index (χ1) is 7.40. The van der Waals surface area contributed by atoms with Gasteiger partial charge in [0.2, 0.25) is 0 Å². The predicted octanol–water partition coefficient (Wildman–Crippen LogP) is 1.63. The van der Waals surface area contributed by atoms with Crippen LogP contribution in [0.2, 0.25) is 0 Å². The monoisotopic (exact) mass is 226 g/mol. The molecule has 90 valence electrons. The van der Waals surface area contributed by atoms with Gasteiger partial charge in [-0.3, -0.25) is 10.1 Å². The molecule has 0 aliphatic rings. The summed E-state index contributed by atoms with van der Waals surface area (Å²) in [5.41, 5.74) is 0.825. The molecule has 1 aromatic rings. The maximum Gasteiger partial charge on any atom is 0.323 e. The summed E-state index contributed by atoms with van der Waals surface area (Å²) in [5.74, 6) is -0.115. The largest absolute Gasteiger partial charge is 0.480 e. The van der Waals surface area contributed by atoms with Gasteiger partial charge in [0.05, 0.1) is 5.69 Å². The van der Waals surface area contributed by atoms with Crippen molar-refractivity contribution < 1.29 is 14.4 Å². The van der Waals surface area contributed by atoms with Crippen LogP contribution in [0.1, 0.15) is 37.3 Å². The summed E-state index contributed by atoms with van der Waals surface area (Å²) in [7, 11) is 0. The van der Waals surface area contributed by atoms with Crippen molar-refractivity contribution in [3.05, 3.63) is 17.0 Å². The lowest BCUT2D eigenvalue weighted by Gasteiger charge is -2.24. The highest BCUT2D eigenvalue weighted by Gasteiger charge is 2.30. The third kappa shape index (κ3) is 2.41. The number of nitrogens with zero attached hydrogens (tertiary/aromatic N) is 1. The minimum absolute atomic E-state index is 0.456. The standard InChI is InChI=1S/C11H18N2O3/c1-5-11(4,10(14)15)12-6-9-7(2)13-16-8(9)3/h12H,5-6H2,1-4H3,(H,14,15). The van der Waals surface area contributed by atoms with E-state index in [1.54, 1.807) is 6.92 Å². The first-order valence-corrected chi connectivity index (χ1v) is 5.31. The van der Waals surface area contributed by atoms with Crippen LogP contribution in [0.5, 0.6) is 0 Å². The molecule has 0 saturated heterocycles. The highest BCUT2D eigenvalue weighted by molar-refractivity contribution is 5.78. The number of nitrogens with one attached hydrogen (secondary N) is 1. The molecule has 0 saturated carbocycles. The zero-order valence-corrected chi connectivity index (χ0v) is 10.1. The Kier molecular flexibility index (Phi) is 3.70. The van der Waals surface area contributed by atoms with Gasteiger partial charge in [0.1, 0.15) is 11.3 Å². The predicted molar refractivity (Wildman–Crippen MR) is 59.1 cm³/mol.